The molecule has 126 valence electrons. The largest absolute Gasteiger partial charge is 0.507 e. The fourth-order valence-corrected chi connectivity index (χ4v) is 2.23. The molecule has 0 saturated heterocycles. The van der Waals surface area contributed by atoms with Crippen LogP contribution in [-0.4, -0.2) is 16.8 Å². The lowest BCUT2D eigenvalue weighted by molar-refractivity contribution is 0.474. The number of halogens is 2. The highest BCUT2D eigenvalue weighted by Gasteiger charge is 2.13. The standard InChI is InChI=1S/C16H14N4O2.2ClH/c17-15(18)9-3-4-12(21)11(5-9)14-6-8-1-2-10(16(19)20)7-13(8)22-14;;/h1-7,21H,(H3,17,18)(H3,19,20);2*1H. The van der Waals surface area contributed by atoms with E-state index in [1.165, 1.54) is 6.07 Å². The van der Waals surface area contributed by atoms with E-state index in [0.29, 0.717) is 28.0 Å². The number of nitrogens with two attached hydrogens (primary N) is 2. The number of phenols is 1. The Morgan fingerprint density at radius 2 is 1.46 bits per heavy atom. The molecule has 0 amide bonds. The first-order chi connectivity index (χ1) is 10.5. The van der Waals surface area contributed by atoms with Crippen molar-refractivity contribution in [3.05, 3.63) is 53.6 Å². The Bertz CT molecular complexity index is 922. The highest BCUT2D eigenvalue weighted by atomic mass is 35.5. The minimum Gasteiger partial charge on any atom is -0.507 e. The lowest BCUT2D eigenvalue weighted by Gasteiger charge is -2.04. The molecule has 0 fully saturated rings. The fraction of sp³-hybridized carbons (Fsp3) is 0. The maximum Gasteiger partial charge on any atom is 0.139 e. The van der Waals surface area contributed by atoms with Crippen LogP contribution in [0.2, 0.25) is 0 Å². The molecule has 24 heavy (non-hydrogen) atoms. The number of hydrogen-bond acceptors (Lipinski definition) is 4. The average molecular weight is 367 g/mol. The summed E-state index contributed by atoms with van der Waals surface area (Å²) in [6.07, 6.45) is 0. The molecular formula is C16H16Cl2N4O2. The van der Waals surface area contributed by atoms with Gasteiger partial charge in [-0.05, 0) is 30.3 Å². The van der Waals surface area contributed by atoms with E-state index in [-0.39, 0.29) is 42.2 Å². The van der Waals surface area contributed by atoms with Crippen LogP contribution in [0.3, 0.4) is 0 Å². The monoisotopic (exact) mass is 366 g/mol. The third kappa shape index (κ3) is 3.45. The van der Waals surface area contributed by atoms with Crippen LogP contribution >= 0.6 is 24.8 Å². The summed E-state index contributed by atoms with van der Waals surface area (Å²) in [5.74, 6) is 0.365. The van der Waals surface area contributed by atoms with Crippen molar-refractivity contribution in [1.29, 1.82) is 10.8 Å². The van der Waals surface area contributed by atoms with E-state index >= 15 is 0 Å². The molecule has 0 unspecified atom stereocenters. The van der Waals surface area contributed by atoms with Crippen LogP contribution in [0.4, 0.5) is 0 Å². The number of benzene rings is 2. The van der Waals surface area contributed by atoms with Gasteiger partial charge in [-0.3, -0.25) is 10.8 Å². The quantitative estimate of drug-likeness (QED) is 0.359. The van der Waals surface area contributed by atoms with Gasteiger partial charge in [0, 0.05) is 16.5 Å². The number of nitrogen functional groups attached to an aromatic ring is 2. The van der Waals surface area contributed by atoms with E-state index in [2.05, 4.69) is 0 Å². The van der Waals surface area contributed by atoms with E-state index < -0.39 is 0 Å². The molecule has 6 nitrogen and oxygen atoms in total. The van der Waals surface area contributed by atoms with E-state index in [1.807, 2.05) is 0 Å². The molecule has 7 N–H and O–H groups in total. The zero-order chi connectivity index (χ0) is 15.9. The van der Waals surface area contributed by atoms with Gasteiger partial charge in [0.1, 0.15) is 28.8 Å². The van der Waals surface area contributed by atoms with Crippen LogP contribution in [0.25, 0.3) is 22.3 Å². The zero-order valence-electron chi connectivity index (χ0n) is 12.4. The molecule has 0 bridgehead atoms. The molecule has 0 atom stereocenters. The van der Waals surface area contributed by atoms with Gasteiger partial charge in [-0.25, -0.2) is 0 Å². The summed E-state index contributed by atoms with van der Waals surface area (Å²) in [7, 11) is 0. The second kappa shape index (κ2) is 7.25. The molecule has 2 aromatic carbocycles. The Kier molecular flexibility index (Phi) is 5.84. The molecule has 1 aromatic heterocycles. The smallest absolute Gasteiger partial charge is 0.139 e. The molecule has 1 heterocycles. The van der Waals surface area contributed by atoms with Crippen molar-refractivity contribution >= 4 is 47.5 Å². The topological polar surface area (TPSA) is 133 Å². The second-order valence-corrected chi connectivity index (χ2v) is 4.92. The van der Waals surface area contributed by atoms with Gasteiger partial charge in [-0.2, -0.15) is 0 Å². The van der Waals surface area contributed by atoms with Crippen molar-refractivity contribution in [3.8, 4) is 17.1 Å². The van der Waals surface area contributed by atoms with Gasteiger partial charge in [-0.15, -0.1) is 24.8 Å². The highest BCUT2D eigenvalue weighted by Crippen LogP contribution is 2.34. The number of amidine groups is 2. The Balaban J connectivity index is 0.00000144. The first-order valence-electron chi connectivity index (χ1n) is 6.51. The summed E-state index contributed by atoms with van der Waals surface area (Å²) < 4.78 is 5.74. The average Bonchev–Trinajstić information content (AvgIpc) is 2.89. The second-order valence-electron chi connectivity index (χ2n) is 4.92. The molecule has 3 rings (SSSR count). The van der Waals surface area contributed by atoms with Crippen LogP contribution in [0.5, 0.6) is 5.75 Å². The van der Waals surface area contributed by atoms with Gasteiger partial charge in [0.2, 0.25) is 0 Å². The van der Waals surface area contributed by atoms with Crippen molar-refractivity contribution in [2.24, 2.45) is 11.5 Å². The van der Waals surface area contributed by atoms with E-state index in [0.717, 1.165) is 5.39 Å². The number of hydrogen-bond donors (Lipinski definition) is 5. The molecule has 0 aliphatic rings. The van der Waals surface area contributed by atoms with Crippen LogP contribution < -0.4 is 11.5 Å². The van der Waals surface area contributed by atoms with Gasteiger partial charge in [-0.1, -0.05) is 12.1 Å². The molecular weight excluding hydrogens is 351 g/mol. The van der Waals surface area contributed by atoms with Gasteiger partial charge in [0.15, 0.2) is 0 Å². The van der Waals surface area contributed by atoms with Gasteiger partial charge in [0.05, 0.1) is 5.56 Å². The third-order valence-electron chi connectivity index (χ3n) is 3.40. The van der Waals surface area contributed by atoms with Crippen LogP contribution in [0.15, 0.2) is 46.9 Å². The van der Waals surface area contributed by atoms with Crippen molar-refractivity contribution in [3.63, 3.8) is 0 Å². The van der Waals surface area contributed by atoms with Crippen molar-refractivity contribution < 1.29 is 9.52 Å². The van der Waals surface area contributed by atoms with Gasteiger partial charge in [0.25, 0.3) is 0 Å². The maximum absolute atomic E-state index is 10.0. The lowest BCUT2D eigenvalue weighted by Crippen LogP contribution is -2.10. The lowest BCUT2D eigenvalue weighted by atomic mass is 10.1. The summed E-state index contributed by atoms with van der Waals surface area (Å²) in [5, 5.41) is 25.8. The van der Waals surface area contributed by atoms with E-state index in [4.69, 9.17) is 26.7 Å². The van der Waals surface area contributed by atoms with Crippen LogP contribution in [0.1, 0.15) is 11.1 Å². The van der Waals surface area contributed by atoms with Crippen molar-refractivity contribution in [2.45, 2.75) is 0 Å². The Morgan fingerprint density at radius 1 is 0.875 bits per heavy atom. The molecule has 0 radical (unpaired) electrons. The SMILES string of the molecule is Cl.Cl.N=C(N)c1ccc(O)c(-c2cc3ccc(C(=N)N)cc3o2)c1. The Labute approximate surface area is 150 Å². The summed E-state index contributed by atoms with van der Waals surface area (Å²) in [6.45, 7) is 0. The van der Waals surface area contributed by atoms with Crippen molar-refractivity contribution in [2.75, 3.05) is 0 Å². The van der Waals surface area contributed by atoms with Gasteiger partial charge >= 0.3 is 0 Å². The number of fused-ring (bicyclic) bond motifs is 1. The number of furan rings is 1. The first kappa shape index (κ1) is 19.3. The minimum absolute atomic E-state index is 0. The number of aromatic hydroxyl groups is 1. The highest BCUT2D eigenvalue weighted by molar-refractivity contribution is 5.99. The maximum atomic E-state index is 10.0. The summed E-state index contributed by atoms with van der Waals surface area (Å²) >= 11 is 0. The number of phenolic OH excluding ortho intramolecular Hbond substituents is 1. The third-order valence-corrected chi connectivity index (χ3v) is 3.40. The fourth-order valence-electron chi connectivity index (χ4n) is 2.23. The van der Waals surface area contributed by atoms with Crippen molar-refractivity contribution in [1.82, 2.24) is 0 Å². The minimum atomic E-state index is -0.0868. The molecule has 0 aliphatic carbocycles. The molecule has 8 heteroatoms. The normalized spacial score (nSPS) is 9.83. The summed E-state index contributed by atoms with van der Waals surface area (Å²) in [4.78, 5) is 0. The van der Waals surface area contributed by atoms with Gasteiger partial charge < -0.3 is 21.0 Å². The predicted molar refractivity (Wildman–Crippen MR) is 99.8 cm³/mol. The summed E-state index contributed by atoms with van der Waals surface area (Å²) in [6, 6.07) is 11.6. The number of rotatable bonds is 3. The molecule has 3 aromatic rings. The number of nitrogens with one attached hydrogen (secondary N) is 2. The summed E-state index contributed by atoms with van der Waals surface area (Å²) in [5.41, 5.74) is 13.0. The molecule has 0 spiro atoms. The van der Waals surface area contributed by atoms with E-state index in [9.17, 15) is 5.11 Å². The van der Waals surface area contributed by atoms with Crippen LogP contribution in [0, 0.1) is 10.8 Å². The van der Waals surface area contributed by atoms with E-state index in [1.54, 1.807) is 36.4 Å². The zero-order valence-corrected chi connectivity index (χ0v) is 14.0. The Hall–Kier alpha value is -2.70. The molecule has 0 saturated carbocycles. The first-order valence-corrected chi connectivity index (χ1v) is 6.51. The molecule has 0 aliphatic heterocycles. The van der Waals surface area contributed by atoms with Crippen LogP contribution in [-0.2, 0) is 0 Å². The Morgan fingerprint density at radius 3 is 2.08 bits per heavy atom. The predicted octanol–water partition coefficient (Wildman–Crippen LogP) is 3.22.